The minimum Gasteiger partial charge on any atom is -0.506 e. The van der Waals surface area contributed by atoms with Crippen molar-refractivity contribution in [3.8, 4) is 5.75 Å². The molecule has 2 rings (SSSR count). The van der Waals surface area contributed by atoms with Crippen molar-refractivity contribution in [1.29, 1.82) is 0 Å². The van der Waals surface area contributed by atoms with Gasteiger partial charge in [0.2, 0.25) is 0 Å². The molecule has 1 aliphatic rings. The maximum atomic E-state index is 11.9. The van der Waals surface area contributed by atoms with E-state index >= 15 is 0 Å². The number of phenols is 1. The number of carbonyl (C=O) groups is 2. The summed E-state index contributed by atoms with van der Waals surface area (Å²) in [6.45, 7) is 3.78. The van der Waals surface area contributed by atoms with E-state index in [2.05, 4.69) is 10.2 Å². The van der Waals surface area contributed by atoms with Crippen LogP contribution in [-0.2, 0) is 9.59 Å². The van der Waals surface area contributed by atoms with E-state index in [4.69, 9.17) is 0 Å². The molecule has 0 bridgehead atoms. The Morgan fingerprint density at radius 2 is 1.74 bits per heavy atom. The van der Waals surface area contributed by atoms with Crippen molar-refractivity contribution in [3.63, 3.8) is 0 Å². The van der Waals surface area contributed by atoms with Crippen LogP contribution in [0.5, 0.6) is 5.75 Å². The van der Waals surface area contributed by atoms with Gasteiger partial charge in [-0.25, -0.2) is 0 Å². The normalized spacial score (nSPS) is 20.1. The maximum absolute atomic E-state index is 11.9. The van der Waals surface area contributed by atoms with Gasteiger partial charge in [0.05, 0.1) is 0 Å². The second kappa shape index (κ2) is 4.91. The van der Waals surface area contributed by atoms with Gasteiger partial charge in [-0.3, -0.25) is 9.59 Å². The summed E-state index contributed by atoms with van der Waals surface area (Å²) in [5, 5.41) is 17.2. The Labute approximate surface area is 111 Å². The van der Waals surface area contributed by atoms with Crippen molar-refractivity contribution in [3.05, 3.63) is 24.3 Å². The highest BCUT2D eigenvalue weighted by Gasteiger charge is 2.39. The molecule has 5 heteroatoms. The van der Waals surface area contributed by atoms with Gasteiger partial charge < -0.3 is 5.11 Å². The SMILES string of the molecule is CC1(C)CC(=O)C(N=Nc2ccccc2O)C(=O)C1. The van der Waals surface area contributed by atoms with Crippen LogP contribution in [0.25, 0.3) is 0 Å². The van der Waals surface area contributed by atoms with Crippen LogP contribution in [0, 0.1) is 5.41 Å². The first-order valence-corrected chi connectivity index (χ1v) is 6.13. The van der Waals surface area contributed by atoms with Crippen LogP contribution >= 0.6 is 0 Å². The van der Waals surface area contributed by atoms with E-state index in [1.165, 1.54) is 6.07 Å². The Kier molecular flexibility index (Phi) is 3.46. The van der Waals surface area contributed by atoms with E-state index in [1.54, 1.807) is 18.2 Å². The van der Waals surface area contributed by atoms with E-state index in [1.807, 2.05) is 13.8 Å². The van der Waals surface area contributed by atoms with E-state index in [9.17, 15) is 14.7 Å². The molecule has 0 unspecified atom stereocenters. The molecular formula is C14H16N2O3. The van der Waals surface area contributed by atoms with Crippen molar-refractivity contribution in [2.75, 3.05) is 0 Å². The molecule has 1 saturated carbocycles. The second-order valence-electron chi connectivity index (χ2n) is 5.56. The number of benzene rings is 1. The highest BCUT2D eigenvalue weighted by Crippen LogP contribution is 2.33. The quantitative estimate of drug-likeness (QED) is 0.656. The number of para-hydroxylation sites is 1. The Balaban J connectivity index is 2.18. The minimum atomic E-state index is -1.02. The fourth-order valence-corrected chi connectivity index (χ4v) is 2.18. The fraction of sp³-hybridized carbons (Fsp3) is 0.429. The third kappa shape index (κ3) is 3.05. The first kappa shape index (κ1) is 13.4. The number of azo groups is 1. The molecule has 0 aromatic heterocycles. The molecule has 1 aromatic rings. The van der Waals surface area contributed by atoms with Gasteiger partial charge in [0.15, 0.2) is 17.6 Å². The molecule has 0 amide bonds. The molecule has 100 valence electrons. The van der Waals surface area contributed by atoms with E-state index in [-0.39, 0.29) is 28.4 Å². The highest BCUT2D eigenvalue weighted by atomic mass is 16.3. The zero-order valence-corrected chi connectivity index (χ0v) is 11.0. The first-order valence-electron chi connectivity index (χ1n) is 6.13. The van der Waals surface area contributed by atoms with Gasteiger partial charge in [-0.15, -0.1) is 0 Å². The molecule has 0 radical (unpaired) electrons. The summed E-state index contributed by atoms with van der Waals surface area (Å²) in [6, 6.07) is 5.38. The number of ketones is 2. The van der Waals surface area contributed by atoms with Gasteiger partial charge in [0.25, 0.3) is 0 Å². The fourth-order valence-electron chi connectivity index (χ4n) is 2.18. The molecule has 5 nitrogen and oxygen atoms in total. The van der Waals surface area contributed by atoms with Gasteiger partial charge in [0, 0.05) is 12.8 Å². The molecule has 0 spiro atoms. The van der Waals surface area contributed by atoms with E-state index in [0.717, 1.165) is 0 Å². The number of carbonyl (C=O) groups excluding carboxylic acids is 2. The summed E-state index contributed by atoms with van der Waals surface area (Å²) >= 11 is 0. The van der Waals surface area contributed by atoms with E-state index in [0.29, 0.717) is 12.8 Å². The lowest BCUT2D eigenvalue weighted by Gasteiger charge is -2.29. The van der Waals surface area contributed by atoms with Gasteiger partial charge in [-0.05, 0) is 17.5 Å². The zero-order chi connectivity index (χ0) is 14.0. The van der Waals surface area contributed by atoms with Crippen molar-refractivity contribution in [2.24, 2.45) is 15.6 Å². The first-order chi connectivity index (χ1) is 8.89. The molecule has 0 aliphatic heterocycles. The Morgan fingerprint density at radius 3 is 2.32 bits per heavy atom. The Hall–Kier alpha value is -2.04. The zero-order valence-electron chi connectivity index (χ0n) is 11.0. The average Bonchev–Trinajstić information content (AvgIpc) is 2.28. The smallest absolute Gasteiger partial charge is 0.187 e. The summed E-state index contributed by atoms with van der Waals surface area (Å²) in [4.78, 5) is 23.8. The lowest BCUT2D eigenvalue weighted by molar-refractivity contribution is -0.135. The molecule has 0 atom stereocenters. The summed E-state index contributed by atoms with van der Waals surface area (Å²) in [5.74, 6) is -0.442. The maximum Gasteiger partial charge on any atom is 0.187 e. The van der Waals surface area contributed by atoms with Crippen molar-refractivity contribution >= 4 is 17.3 Å². The number of hydrogen-bond donors (Lipinski definition) is 1. The van der Waals surface area contributed by atoms with E-state index < -0.39 is 6.04 Å². The molecule has 1 N–H and O–H groups in total. The lowest BCUT2D eigenvalue weighted by Crippen LogP contribution is -2.40. The standard InChI is InChI=1S/C14H16N2O3/c1-14(2)7-11(18)13(12(19)8-14)16-15-9-5-3-4-6-10(9)17/h3-6,13,17H,7-8H2,1-2H3. The number of nitrogens with zero attached hydrogens (tertiary/aromatic N) is 2. The molecule has 0 saturated heterocycles. The monoisotopic (exact) mass is 260 g/mol. The second-order valence-corrected chi connectivity index (χ2v) is 5.56. The van der Waals surface area contributed by atoms with Crippen LogP contribution in [0.2, 0.25) is 0 Å². The van der Waals surface area contributed by atoms with Gasteiger partial charge in [-0.1, -0.05) is 26.0 Å². The van der Waals surface area contributed by atoms with Gasteiger partial charge >= 0.3 is 0 Å². The number of phenolic OH excluding ortho intramolecular Hbond substituents is 1. The largest absolute Gasteiger partial charge is 0.506 e. The highest BCUT2D eigenvalue weighted by molar-refractivity contribution is 6.09. The molecule has 19 heavy (non-hydrogen) atoms. The topological polar surface area (TPSA) is 79.1 Å². The average molecular weight is 260 g/mol. The minimum absolute atomic E-state index is 0.0257. The molecule has 1 aromatic carbocycles. The van der Waals surface area contributed by atoms with Crippen molar-refractivity contribution in [2.45, 2.75) is 32.7 Å². The molecule has 0 heterocycles. The van der Waals surface area contributed by atoms with Crippen molar-refractivity contribution in [1.82, 2.24) is 0 Å². The Bertz CT molecular complexity index is 529. The predicted octanol–water partition coefficient (Wildman–Crippen LogP) is 2.80. The third-order valence-electron chi connectivity index (χ3n) is 3.08. The summed E-state index contributed by atoms with van der Waals surface area (Å²) in [7, 11) is 0. The molecular weight excluding hydrogens is 244 g/mol. The van der Waals surface area contributed by atoms with Crippen molar-refractivity contribution < 1.29 is 14.7 Å². The third-order valence-corrected chi connectivity index (χ3v) is 3.08. The van der Waals surface area contributed by atoms with Crippen LogP contribution in [0.4, 0.5) is 5.69 Å². The van der Waals surface area contributed by atoms with Crippen LogP contribution in [0.1, 0.15) is 26.7 Å². The number of rotatable bonds is 2. The van der Waals surface area contributed by atoms with Crippen LogP contribution in [0.3, 0.4) is 0 Å². The van der Waals surface area contributed by atoms with Gasteiger partial charge in [-0.2, -0.15) is 10.2 Å². The number of Topliss-reactive ketones (excluding diaryl/α,β-unsaturated/α-hetero) is 2. The summed E-state index contributed by atoms with van der Waals surface area (Å²) < 4.78 is 0. The number of aromatic hydroxyl groups is 1. The lowest BCUT2D eigenvalue weighted by atomic mass is 9.74. The molecule has 1 aliphatic carbocycles. The van der Waals surface area contributed by atoms with Crippen LogP contribution in [-0.4, -0.2) is 22.7 Å². The summed E-state index contributed by atoms with van der Waals surface area (Å²) in [5.41, 5.74) is -0.0392. The van der Waals surface area contributed by atoms with Gasteiger partial charge in [0.1, 0.15) is 11.4 Å². The predicted molar refractivity (Wildman–Crippen MR) is 69.4 cm³/mol. The van der Waals surface area contributed by atoms with Crippen LogP contribution in [0.15, 0.2) is 34.5 Å². The number of hydrogen-bond acceptors (Lipinski definition) is 5. The summed E-state index contributed by atoms with van der Waals surface area (Å²) in [6.07, 6.45) is 0.645. The van der Waals surface area contributed by atoms with Crippen LogP contribution < -0.4 is 0 Å². The molecule has 1 fully saturated rings. The Morgan fingerprint density at radius 1 is 1.16 bits per heavy atom.